The minimum Gasteiger partial charge on any atom is -1.00 e. The average Bonchev–Trinajstić information content (AvgIpc) is 2.37. The van der Waals surface area contributed by atoms with E-state index >= 15 is 0 Å². The number of nitrogens with one attached hydrogen (secondary N) is 1. The van der Waals surface area contributed by atoms with E-state index in [0.717, 1.165) is 5.92 Å². The molecule has 2 heteroatoms. The Morgan fingerprint density at radius 2 is 2.09 bits per heavy atom. The summed E-state index contributed by atoms with van der Waals surface area (Å²) in [6.07, 6.45) is 4.23. The summed E-state index contributed by atoms with van der Waals surface area (Å²) in [5.74, 6) is 1.04. The van der Waals surface area contributed by atoms with E-state index in [-0.39, 0.29) is 12.4 Å². The molecule has 2 unspecified atom stereocenters. The first-order valence-electron chi connectivity index (χ1n) is 4.70. The van der Waals surface area contributed by atoms with Crippen LogP contribution >= 0.6 is 0 Å². The van der Waals surface area contributed by atoms with Gasteiger partial charge in [0.2, 0.25) is 0 Å². The van der Waals surface area contributed by atoms with Crippen LogP contribution in [-0.4, -0.2) is 19.6 Å². The lowest BCUT2D eigenvalue weighted by atomic mass is 10.1. The van der Waals surface area contributed by atoms with E-state index < -0.39 is 0 Å². The molecule has 68 valence electrons. The highest BCUT2D eigenvalue weighted by Gasteiger charge is 2.23. The Morgan fingerprint density at radius 1 is 1.36 bits per heavy atom. The third-order valence-corrected chi connectivity index (χ3v) is 2.66. The average molecular weight is 178 g/mol. The molecule has 0 aliphatic carbocycles. The molecule has 2 atom stereocenters. The largest absolute Gasteiger partial charge is 1.00 e. The van der Waals surface area contributed by atoms with Crippen LogP contribution in [0.1, 0.15) is 33.1 Å². The van der Waals surface area contributed by atoms with Gasteiger partial charge in [-0.05, 0) is 12.8 Å². The summed E-state index contributed by atoms with van der Waals surface area (Å²) in [5.41, 5.74) is 0. The van der Waals surface area contributed by atoms with Crippen molar-refractivity contribution in [2.75, 3.05) is 19.6 Å². The van der Waals surface area contributed by atoms with Crippen molar-refractivity contribution in [2.45, 2.75) is 33.1 Å². The van der Waals surface area contributed by atoms with Gasteiger partial charge in [-0.3, -0.25) is 0 Å². The molecule has 1 heterocycles. The predicted molar refractivity (Wildman–Crippen MR) is 44.3 cm³/mol. The van der Waals surface area contributed by atoms with Gasteiger partial charge in [-0.1, -0.05) is 13.8 Å². The Kier molecular flexibility index (Phi) is 5.98. The van der Waals surface area contributed by atoms with Gasteiger partial charge >= 0.3 is 0 Å². The number of hydrogen-bond acceptors (Lipinski definition) is 0. The van der Waals surface area contributed by atoms with Crippen LogP contribution < -0.4 is 17.3 Å². The van der Waals surface area contributed by atoms with E-state index in [4.69, 9.17) is 0 Å². The maximum atomic E-state index is 2.32. The van der Waals surface area contributed by atoms with Crippen molar-refractivity contribution in [2.24, 2.45) is 5.92 Å². The van der Waals surface area contributed by atoms with E-state index in [9.17, 15) is 0 Å². The lowest BCUT2D eigenvalue weighted by Gasteiger charge is -2.10. The zero-order valence-corrected chi connectivity index (χ0v) is 8.45. The van der Waals surface area contributed by atoms with Gasteiger partial charge in [0, 0.05) is 12.3 Å². The Morgan fingerprint density at radius 3 is 2.55 bits per heavy atom. The first-order chi connectivity index (χ1) is 4.86. The predicted octanol–water partition coefficient (Wildman–Crippen LogP) is -2.28. The molecule has 1 fully saturated rings. The van der Waals surface area contributed by atoms with E-state index in [2.05, 4.69) is 13.8 Å². The quantitative estimate of drug-likeness (QED) is 0.496. The van der Waals surface area contributed by atoms with Crippen LogP contribution in [0, 0.1) is 5.92 Å². The smallest absolute Gasteiger partial charge is 0.0801 e. The molecule has 1 aliphatic rings. The van der Waals surface area contributed by atoms with Crippen LogP contribution in [0.25, 0.3) is 0 Å². The summed E-state index contributed by atoms with van der Waals surface area (Å²) in [5, 5.41) is 0. The normalized spacial score (nSPS) is 30.0. The summed E-state index contributed by atoms with van der Waals surface area (Å²) in [6, 6.07) is 0. The number of hydrogen-bond donors (Lipinski definition) is 1. The molecule has 1 nitrogen and oxygen atoms in total. The lowest BCUT2D eigenvalue weighted by Crippen LogP contribution is -3.10. The zero-order valence-electron chi connectivity index (χ0n) is 7.70. The lowest BCUT2D eigenvalue weighted by molar-refractivity contribution is -0.889. The minimum absolute atomic E-state index is 0. The molecule has 0 bridgehead atoms. The highest BCUT2D eigenvalue weighted by atomic mass is 35.5. The van der Waals surface area contributed by atoms with E-state index in [1.165, 1.54) is 38.9 Å². The van der Waals surface area contributed by atoms with Crippen molar-refractivity contribution in [1.29, 1.82) is 0 Å². The molecule has 1 saturated heterocycles. The van der Waals surface area contributed by atoms with Gasteiger partial charge in [-0.2, -0.15) is 0 Å². The first kappa shape index (κ1) is 11.2. The summed E-state index contributed by atoms with van der Waals surface area (Å²) in [4.78, 5) is 1.84. The Bertz CT molecular complexity index is 95.6. The van der Waals surface area contributed by atoms with Crippen LogP contribution in [0.2, 0.25) is 0 Å². The highest BCUT2D eigenvalue weighted by molar-refractivity contribution is 4.59. The Balaban J connectivity index is 0.000001000. The molecular formula is C9H20ClN. The fourth-order valence-electron chi connectivity index (χ4n) is 1.95. The highest BCUT2D eigenvalue weighted by Crippen LogP contribution is 2.07. The molecule has 0 aromatic rings. The first-order valence-corrected chi connectivity index (χ1v) is 4.70. The number of quaternary nitrogens is 1. The van der Waals surface area contributed by atoms with Gasteiger partial charge in [-0.25, -0.2) is 0 Å². The molecule has 1 rings (SSSR count). The number of rotatable bonds is 3. The summed E-state index contributed by atoms with van der Waals surface area (Å²) in [6.45, 7) is 8.89. The van der Waals surface area contributed by atoms with Crippen molar-refractivity contribution in [1.82, 2.24) is 0 Å². The summed E-state index contributed by atoms with van der Waals surface area (Å²) >= 11 is 0. The molecule has 0 spiro atoms. The van der Waals surface area contributed by atoms with Gasteiger partial charge in [-0.15, -0.1) is 0 Å². The second kappa shape index (κ2) is 5.84. The number of halogens is 1. The molecule has 1 N–H and O–H groups in total. The molecule has 0 radical (unpaired) electrons. The monoisotopic (exact) mass is 177 g/mol. The maximum absolute atomic E-state index is 2.32. The van der Waals surface area contributed by atoms with Gasteiger partial charge in [0.05, 0.1) is 19.6 Å². The number of likely N-dealkylation sites (tertiary alicyclic amines) is 1. The van der Waals surface area contributed by atoms with E-state index in [1.54, 1.807) is 0 Å². The summed E-state index contributed by atoms with van der Waals surface area (Å²) in [7, 11) is 0. The van der Waals surface area contributed by atoms with Crippen molar-refractivity contribution in [3.63, 3.8) is 0 Å². The second-order valence-electron chi connectivity index (χ2n) is 3.52. The van der Waals surface area contributed by atoms with Gasteiger partial charge in [0.25, 0.3) is 0 Å². The Labute approximate surface area is 76.6 Å². The van der Waals surface area contributed by atoms with Crippen molar-refractivity contribution < 1.29 is 17.3 Å². The van der Waals surface area contributed by atoms with Crippen molar-refractivity contribution in [3.05, 3.63) is 0 Å². The molecule has 0 aromatic carbocycles. The maximum Gasteiger partial charge on any atom is 0.0801 e. The van der Waals surface area contributed by atoms with E-state index in [0.29, 0.717) is 0 Å². The molecule has 11 heavy (non-hydrogen) atoms. The SMILES string of the molecule is CCC[NH+]1CCC(CC)C1.[Cl-]. The fraction of sp³-hybridized carbons (Fsp3) is 1.00. The molecule has 1 aliphatic heterocycles. The molecular weight excluding hydrogens is 158 g/mol. The van der Waals surface area contributed by atoms with Gasteiger partial charge in [0.1, 0.15) is 0 Å². The third kappa shape index (κ3) is 3.44. The molecule has 0 aromatic heterocycles. The van der Waals surface area contributed by atoms with E-state index in [1.807, 2.05) is 4.90 Å². The van der Waals surface area contributed by atoms with Gasteiger partial charge in [0.15, 0.2) is 0 Å². The topological polar surface area (TPSA) is 4.44 Å². The van der Waals surface area contributed by atoms with Crippen LogP contribution in [0.4, 0.5) is 0 Å². The second-order valence-corrected chi connectivity index (χ2v) is 3.52. The minimum atomic E-state index is 0. The standard InChI is InChI=1S/C9H19N.ClH/c1-3-6-10-7-5-9(4-2)8-10;/h9H,3-8H2,1-2H3;1H. The van der Waals surface area contributed by atoms with Crippen LogP contribution in [0.15, 0.2) is 0 Å². The van der Waals surface area contributed by atoms with Gasteiger partial charge < -0.3 is 17.3 Å². The van der Waals surface area contributed by atoms with Crippen LogP contribution in [0.3, 0.4) is 0 Å². The van der Waals surface area contributed by atoms with Crippen LogP contribution in [0.5, 0.6) is 0 Å². The third-order valence-electron chi connectivity index (χ3n) is 2.66. The summed E-state index contributed by atoms with van der Waals surface area (Å²) < 4.78 is 0. The van der Waals surface area contributed by atoms with Crippen molar-refractivity contribution in [3.8, 4) is 0 Å². The van der Waals surface area contributed by atoms with Crippen LogP contribution in [-0.2, 0) is 0 Å². The zero-order chi connectivity index (χ0) is 7.40. The van der Waals surface area contributed by atoms with Crippen molar-refractivity contribution >= 4 is 0 Å². The molecule has 0 saturated carbocycles. The fourth-order valence-corrected chi connectivity index (χ4v) is 1.95. The molecule has 0 amide bonds. The Hall–Kier alpha value is 0.250.